The van der Waals surface area contributed by atoms with E-state index in [1.54, 1.807) is 36.0 Å². The van der Waals surface area contributed by atoms with Crippen LogP contribution < -0.4 is 14.8 Å². The van der Waals surface area contributed by atoms with E-state index in [-0.39, 0.29) is 12.7 Å². The van der Waals surface area contributed by atoms with Gasteiger partial charge in [0.1, 0.15) is 0 Å². The maximum atomic E-state index is 12.7. The molecule has 4 aromatic rings. The third-order valence-electron chi connectivity index (χ3n) is 5.36. The molecule has 0 saturated heterocycles. The molecule has 176 valence electrons. The van der Waals surface area contributed by atoms with Crippen molar-refractivity contribution in [3.05, 3.63) is 95.5 Å². The van der Waals surface area contributed by atoms with Crippen LogP contribution in [-0.4, -0.2) is 27.5 Å². The van der Waals surface area contributed by atoms with E-state index in [0.29, 0.717) is 45.9 Å². The van der Waals surface area contributed by atoms with Crippen LogP contribution in [0.2, 0.25) is 5.02 Å². The smallest absolute Gasteiger partial charge is 0.255 e. The second-order valence-corrected chi connectivity index (χ2v) is 9.04. The number of rotatable bonds is 8. The van der Waals surface area contributed by atoms with E-state index in [0.717, 1.165) is 16.3 Å². The number of nitrogens with zero attached hydrogens (tertiary/aromatic N) is 3. The van der Waals surface area contributed by atoms with Gasteiger partial charge in [0.15, 0.2) is 22.5 Å². The summed E-state index contributed by atoms with van der Waals surface area (Å²) in [7, 11) is 0. The van der Waals surface area contributed by atoms with Gasteiger partial charge < -0.3 is 14.8 Å². The van der Waals surface area contributed by atoms with Crippen LogP contribution in [0, 0.1) is 0 Å². The predicted octanol–water partition coefficient (Wildman–Crippen LogP) is 6.06. The zero-order valence-corrected chi connectivity index (χ0v) is 20.2. The average molecular weight is 505 g/mol. The minimum Gasteiger partial charge on any atom is -0.454 e. The second kappa shape index (κ2) is 10.2. The molecule has 7 nitrogen and oxygen atoms in total. The summed E-state index contributed by atoms with van der Waals surface area (Å²) < 4.78 is 12.7. The van der Waals surface area contributed by atoms with E-state index in [1.165, 1.54) is 0 Å². The predicted molar refractivity (Wildman–Crippen MR) is 137 cm³/mol. The van der Waals surface area contributed by atoms with Crippen molar-refractivity contribution in [2.24, 2.45) is 0 Å². The highest BCUT2D eigenvalue weighted by molar-refractivity contribution is 7.98. The fourth-order valence-corrected chi connectivity index (χ4v) is 4.73. The molecule has 0 bridgehead atoms. The highest BCUT2D eigenvalue weighted by Gasteiger charge is 2.17. The Morgan fingerprint density at radius 2 is 1.89 bits per heavy atom. The number of nitrogens with one attached hydrogen (secondary N) is 1. The van der Waals surface area contributed by atoms with Crippen LogP contribution in [0.1, 0.15) is 15.9 Å². The van der Waals surface area contributed by atoms with Crippen molar-refractivity contribution in [1.82, 2.24) is 14.8 Å². The molecule has 1 amide bonds. The summed E-state index contributed by atoms with van der Waals surface area (Å²) in [6, 6.07) is 20.4. The molecular weight excluding hydrogens is 484 g/mol. The lowest BCUT2D eigenvalue weighted by Gasteiger charge is -2.09. The molecule has 2 heterocycles. The molecule has 0 unspecified atom stereocenters. The number of aromatic nitrogens is 3. The van der Waals surface area contributed by atoms with Gasteiger partial charge in [-0.3, -0.25) is 9.36 Å². The summed E-state index contributed by atoms with van der Waals surface area (Å²) in [5.74, 6) is 2.47. The maximum absolute atomic E-state index is 12.7. The molecular formula is C26H21ClN4O3S. The SMILES string of the molecule is C=CCn1c(SCc2ccc(C(=O)Nc3ccc4c(c3)OCO4)cc2)nnc1-c1ccccc1Cl. The Morgan fingerprint density at radius 1 is 1.09 bits per heavy atom. The number of halogens is 1. The number of hydrogen-bond acceptors (Lipinski definition) is 6. The number of anilines is 1. The van der Waals surface area contributed by atoms with Gasteiger partial charge in [0.2, 0.25) is 6.79 Å². The minimum absolute atomic E-state index is 0.192. The maximum Gasteiger partial charge on any atom is 0.255 e. The molecule has 0 aliphatic carbocycles. The number of amides is 1. The molecule has 1 aromatic heterocycles. The summed E-state index contributed by atoms with van der Waals surface area (Å²) in [4.78, 5) is 12.7. The lowest BCUT2D eigenvalue weighted by Crippen LogP contribution is -2.11. The number of carbonyl (C=O) groups excluding carboxylic acids is 1. The molecule has 5 rings (SSSR count). The highest BCUT2D eigenvalue weighted by Crippen LogP contribution is 2.34. The first-order valence-corrected chi connectivity index (χ1v) is 12.2. The number of fused-ring (bicyclic) bond motifs is 1. The van der Waals surface area contributed by atoms with Crippen molar-refractivity contribution >= 4 is 35.0 Å². The van der Waals surface area contributed by atoms with E-state index >= 15 is 0 Å². The third-order valence-corrected chi connectivity index (χ3v) is 6.73. The molecule has 0 fully saturated rings. The van der Waals surface area contributed by atoms with Gasteiger partial charge in [-0.05, 0) is 42.0 Å². The highest BCUT2D eigenvalue weighted by atomic mass is 35.5. The lowest BCUT2D eigenvalue weighted by molar-refractivity contribution is 0.102. The van der Waals surface area contributed by atoms with E-state index in [4.69, 9.17) is 21.1 Å². The normalized spacial score (nSPS) is 11.9. The molecule has 1 aliphatic heterocycles. The van der Waals surface area contributed by atoms with E-state index in [2.05, 4.69) is 22.1 Å². The molecule has 1 aliphatic rings. The number of ether oxygens (including phenoxy) is 2. The monoisotopic (exact) mass is 504 g/mol. The second-order valence-electron chi connectivity index (χ2n) is 7.69. The zero-order valence-electron chi connectivity index (χ0n) is 18.6. The van der Waals surface area contributed by atoms with Crippen molar-refractivity contribution in [3.8, 4) is 22.9 Å². The quantitative estimate of drug-likeness (QED) is 0.232. The van der Waals surface area contributed by atoms with Gasteiger partial charge in [0.25, 0.3) is 5.91 Å². The van der Waals surface area contributed by atoms with Gasteiger partial charge >= 0.3 is 0 Å². The number of allylic oxidation sites excluding steroid dienone is 1. The van der Waals surface area contributed by atoms with Crippen LogP contribution in [-0.2, 0) is 12.3 Å². The molecule has 0 atom stereocenters. The first-order valence-electron chi connectivity index (χ1n) is 10.8. The Balaban J connectivity index is 1.25. The van der Waals surface area contributed by atoms with Gasteiger partial charge in [0, 0.05) is 35.2 Å². The topological polar surface area (TPSA) is 78.3 Å². The van der Waals surface area contributed by atoms with E-state index < -0.39 is 0 Å². The van der Waals surface area contributed by atoms with E-state index in [9.17, 15) is 4.79 Å². The fraction of sp³-hybridized carbons (Fsp3) is 0.115. The third kappa shape index (κ3) is 5.03. The number of hydrogen-bond donors (Lipinski definition) is 1. The van der Waals surface area contributed by atoms with Crippen LogP contribution in [0.15, 0.2) is 84.5 Å². The molecule has 0 spiro atoms. The van der Waals surface area contributed by atoms with Crippen LogP contribution >= 0.6 is 23.4 Å². The van der Waals surface area contributed by atoms with Gasteiger partial charge in [-0.25, -0.2) is 0 Å². The Morgan fingerprint density at radius 3 is 2.69 bits per heavy atom. The number of thioether (sulfide) groups is 1. The first kappa shape index (κ1) is 23.0. The first-order chi connectivity index (χ1) is 17.1. The summed E-state index contributed by atoms with van der Waals surface area (Å²) in [6.45, 7) is 4.61. The summed E-state index contributed by atoms with van der Waals surface area (Å²) in [5, 5.41) is 13.0. The summed E-state index contributed by atoms with van der Waals surface area (Å²) in [6.07, 6.45) is 1.81. The van der Waals surface area contributed by atoms with Crippen molar-refractivity contribution < 1.29 is 14.3 Å². The van der Waals surface area contributed by atoms with Crippen molar-refractivity contribution in [3.63, 3.8) is 0 Å². The average Bonchev–Trinajstić information content (AvgIpc) is 3.50. The van der Waals surface area contributed by atoms with Gasteiger partial charge in [-0.2, -0.15) is 0 Å². The Kier molecular flexibility index (Phi) is 6.74. The summed E-state index contributed by atoms with van der Waals surface area (Å²) in [5.41, 5.74) is 3.09. The van der Waals surface area contributed by atoms with Crippen LogP contribution in [0.5, 0.6) is 11.5 Å². The molecule has 9 heteroatoms. The van der Waals surface area contributed by atoms with Crippen molar-refractivity contribution in [1.29, 1.82) is 0 Å². The molecule has 3 aromatic carbocycles. The standard InChI is InChI=1S/C26H21ClN4O3S/c1-2-13-31-24(20-5-3-4-6-21(20)27)29-30-26(31)35-15-17-7-9-18(10-8-17)25(32)28-19-11-12-22-23(14-19)34-16-33-22/h2-12,14H,1,13,15-16H2,(H,28,32). The Hall–Kier alpha value is -3.75. The number of carbonyl (C=O) groups is 1. The fourth-order valence-electron chi connectivity index (χ4n) is 3.61. The van der Waals surface area contributed by atoms with Gasteiger partial charge in [-0.15, -0.1) is 16.8 Å². The molecule has 35 heavy (non-hydrogen) atoms. The molecule has 0 saturated carbocycles. The van der Waals surface area contributed by atoms with Crippen LogP contribution in [0.25, 0.3) is 11.4 Å². The van der Waals surface area contributed by atoms with Crippen molar-refractivity contribution in [2.45, 2.75) is 17.5 Å². The number of benzene rings is 3. The van der Waals surface area contributed by atoms with Crippen LogP contribution in [0.4, 0.5) is 5.69 Å². The zero-order chi connectivity index (χ0) is 24.2. The van der Waals surface area contributed by atoms with Gasteiger partial charge in [0.05, 0.1) is 5.02 Å². The van der Waals surface area contributed by atoms with E-state index in [1.807, 2.05) is 53.1 Å². The molecule has 0 radical (unpaired) electrons. The Bertz CT molecular complexity index is 1390. The molecule has 1 N–H and O–H groups in total. The van der Waals surface area contributed by atoms with Gasteiger partial charge in [-0.1, -0.05) is 53.7 Å². The van der Waals surface area contributed by atoms with Crippen LogP contribution in [0.3, 0.4) is 0 Å². The van der Waals surface area contributed by atoms with Crippen molar-refractivity contribution in [2.75, 3.05) is 12.1 Å². The Labute approximate surface area is 211 Å². The largest absolute Gasteiger partial charge is 0.454 e. The summed E-state index contributed by atoms with van der Waals surface area (Å²) >= 11 is 7.93. The minimum atomic E-state index is -0.196. The lowest BCUT2D eigenvalue weighted by atomic mass is 10.1.